The smallest absolute Gasteiger partial charge is 0.417 e. The second-order valence-electron chi connectivity index (χ2n) is 14.9. The van der Waals surface area contributed by atoms with Crippen LogP contribution < -0.4 is 15.0 Å². The molecular formula is C43H45F3N4O7. The number of hydrogen-bond acceptors (Lipinski definition) is 6. The number of carbonyl (C=O) groups is 4. The Bertz CT molecular complexity index is 2110. The molecule has 2 N–H and O–H groups in total. The van der Waals surface area contributed by atoms with Gasteiger partial charge in [-0.3, -0.25) is 9.59 Å². The molecule has 1 fully saturated rings. The van der Waals surface area contributed by atoms with Crippen molar-refractivity contribution in [1.82, 2.24) is 15.1 Å². The van der Waals surface area contributed by atoms with E-state index >= 15 is 0 Å². The van der Waals surface area contributed by atoms with E-state index in [9.17, 15) is 37.5 Å². The number of alkyl halides is 3. The van der Waals surface area contributed by atoms with Crippen LogP contribution in [0.4, 0.5) is 28.4 Å². The molecule has 1 saturated heterocycles. The van der Waals surface area contributed by atoms with Crippen molar-refractivity contribution in [2.24, 2.45) is 0 Å². The number of piperidine rings is 1. The van der Waals surface area contributed by atoms with Crippen LogP contribution in [0.5, 0.6) is 5.75 Å². The third-order valence-electron chi connectivity index (χ3n) is 10.3. The minimum absolute atomic E-state index is 0.00159. The fourth-order valence-corrected chi connectivity index (χ4v) is 7.55. The highest BCUT2D eigenvalue weighted by atomic mass is 19.4. The van der Waals surface area contributed by atoms with Crippen molar-refractivity contribution in [2.45, 2.75) is 70.5 Å². The molecule has 0 spiro atoms. The van der Waals surface area contributed by atoms with Gasteiger partial charge in [0.15, 0.2) is 5.60 Å². The molecule has 6 rings (SSSR count). The Morgan fingerprint density at radius 3 is 2.28 bits per heavy atom. The second kappa shape index (κ2) is 16.6. The molecule has 2 heterocycles. The topological polar surface area (TPSA) is 129 Å². The summed E-state index contributed by atoms with van der Waals surface area (Å²) in [7, 11) is 0. The third-order valence-corrected chi connectivity index (χ3v) is 10.3. The Morgan fingerprint density at radius 2 is 1.63 bits per heavy atom. The number of ether oxygens (including phenoxy) is 2. The lowest BCUT2D eigenvalue weighted by molar-refractivity contribution is -0.138. The van der Waals surface area contributed by atoms with E-state index in [-0.39, 0.29) is 44.2 Å². The molecule has 300 valence electrons. The molecule has 0 radical (unpaired) electrons. The molecule has 57 heavy (non-hydrogen) atoms. The van der Waals surface area contributed by atoms with Crippen molar-refractivity contribution >= 4 is 29.7 Å². The van der Waals surface area contributed by atoms with Gasteiger partial charge in [0.25, 0.3) is 11.8 Å². The molecular weight excluding hydrogens is 741 g/mol. The van der Waals surface area contributed by atoms with Crippen molar-refractivity contribution in [3.63, 3.8) is 0 Å². The van der Waals surface area contributed by atoms with E-state index in [4.69, 9.17) is 9.47 Å². The van der Waals surface area contributed by atoms with Gasteiger partial charge >= 0.3 is 18.4 Å². The highest BCUT2D eigenvalue weighted by Gasteiger charge is 2.46. The highest BCUT2D eigenvalue weighted by Crippen LogP contribution is 2.45. The average Bonchev–Trinajstić information content (AvgIpc) is 3.18. The zero-order valence-corrected chi connectivity index (χ0v) is 32.1. The van der Waals surface area contributed by atoms with Gasteiger partial charge in [0.05, 0.1) is 22.9 Å². The Morgan fingerprint density at radius 1 is 0.965 bits per heavy atom. The maximum atomic E-state index is 15.0. The first kappa shape index (κ1) is 40.6. The summed E-state index contributed by atoms with van der Waals surface area (Å²) in [6.07, 6.45) is -6.67. The highest BCUT2D eigenvalue weighted by molar-refractivity contribution is 6.05. The molecule has 11 nitrogen and oxygen atoms in total. The van der Waals surface area contributed by atoms with Crippen molar-refractivity contribution in [3.05, 3.63) is 119 Å². The van der Waals surface area contributed by atoms with Gasteiger partial charge in [-0.1, -0.05) is 84.9 Å². The van der Waals surface area contributed by atoms with E-state index in [1.807, 2.05) is 60.7 Å². The maximum Gasteiger partial charge on any atom is 0.417 e. The van der Waals surface area contributed by atoms with E-state index < -0.39 is 64.9 Å². The molecule has 4 amide bonds. The van der Waals surface area contributed by atoms with Crippen LogP contribution in [-0.4, -0.2) is 82.8 Å². The fraction of sp³-hybridized carbons (Fsp3) is 0.349. The third kappa shape index (κ3) is 9.00. The van der Waals surface area contributed by atoms with Gasteiger partial charge < -0.3 is 34.6 Å². The fourth-order valence-electron chi connectivity index (χ4n) is 7.55. The summed E-state index contributed by atoms with van der Waals surface area (Å²) < 4.78 is 56.1. The number of nitrogens with one attached hydrogen (secondary N) is 1. The van der Waals surface area contributed by atoms with Gasteiger partial charge in [-0.2, -0.15) is 13.2 Å². The molecule has 2 atom stereocenters. The standard InChI is InChI=1S/C43H45F3N4O7/c1-27(2)50(36-25-48(41(54)55)20-18-32(36)31-17-11-16-30(22-31)29-14-9-6-10-15-29)38(51)33-23-35-37(24-34(33)43(44,45)46)57-42(3,4)39(52)49(35)21-19-47-40(53)56-26-28-12-7-5-8-13-28/h5-17,22-24,27,32,36H,18-21,25-26H2,1-4H3,(H,47,53)(H,54,55)/t32-,36+/m1/s1. The number of carbonyl (C=O) groups excluding carboxylic acids is 3. The first-order valence-electron chi connectivity index (χ1n) is 18.7. The zero-order valence-electron chi connectivity index (χ0n) is 32.1. The molecule has 0 saturated carbocycles. The second-order valence-corrected chi connectivity index (χ2v) is 14.9. The normalized spacial score (nSPS) is 17.7. The molecule has 0 aliphatic carbocycles. The van der Waals surface area contributed by atoms with Crippen LogP contribution in [0.2, 0.25) is 0 Å². The van der Waals surface area contributed by atoms with E-state index in [1.54, 1.807) is 38.1 Å². The maximum absolute atomic E-state index is 15.0. The summed E-state index contributed by atoms with van der Waals surface area (Å²) in [4.78, 5) is 57.1. The van der Waals surface area contributed by atoms with Crippen LogP contribution >= 0.6 is 0 Å². The number of alkyl carbamates (subject to hydrolysis) is 1. The van der Waals surface area contributed by atoms with Crippen molar-refractivity contribution in [1.29, 1.82) is 0 Å². The zero-order chi connectivity index (χ0) is 41.1. The Labute approximate surface area is 329 Å². The number of carboxylic acid groups (broad SMARTS) is 1. The molecule has 4 aromatic carbocycles. The van der Waals surface area contributed by atoms with Crippen LogP contribution in [0, 0.1) is 0 Å². The minimum atomic E-state index is -5.02. The largest absolute Gasteiger partial charge is 0.476 e. The van der Waals surface area contributed by atoms with Gasteiger partial charge in [0.2, 0.25) is 0 Å². The van der Waals surface area contributed by atoms with E-state index in [0.717, 1.165) is 34.4 Å². The molecule has 2 aliphatic heterocycles. The summed E-state index contributed by atoms with van der Waals surface area (Å²) in [5.74, 6) is -2.29. The summed E-state index contributed by atoms with van der Waals surface area (Å²) in [5.41, 5.74) is -0.234. The summed E-state index contributed by atoms with van der Waals surface area (Å²) >= 11 is 0. The quantitative estimate of drug-likeness (QED) is 0.166. The van der Waals surface area contributed by atoms with Crippen molar-refractivity contribution < 1.29 is 46.9 Å². The average molecular weight is 787 g/mol. The number of hydrogen-bond donors (Lipinski definition) is 2. The Balaban J connectivity index is 1.35. The number of fused-ring (bicyclic) bond motifs is 1. The molecule has 0 unspecified atom stereocenters. The molecule has 2 aliphatic rings. The molecule has 4 aromatic rings. The lowest BCUT2D eigenvalue weighted by atomic mass is 9.82. The summed E-state index contributed by atoms with van der Waals surface area (Å²) in [5, 5.41) is 12.6. The van der Waals surface area contributed by atoms with Crippen LogP contribution in [0.3, 0.4) is 0 Å². The van der Waals surface area contributed by atoms with Crippen LogP contribution in [0.15, 0.2) is 97.1 Å². The van der Waals surface area contributed by atoms with Gasteiger partial charge in [-0.25, -0.2) is 9.59 Å². The number of benzene rings is 4. The van der Waals surface area contributed by atoms with Gasteiger partial charge in [-0.05, 0) is 68.5 Å². The molecule has 14 heteroatoms. The number of halogens is 3. The predicted molar refractivity (Wildman–Crippen MR) is 207 cm³/mol. The lowest BCUT2D eigenvalue weighted by Crippen LogP contribution is -2.57. The first-order chi connectivity index (χ1) is 27.0. The van der Waals surface area contributed by atoms with E-state index in [0.29, 0.717) is 6.42 Å². The van der Waals surface area contributed by atoms with Crippen LogP contribution in [0.1, 0.15) is 67.1 Å². The number of anilines is 1. The van der Waals surface area contributed by atoms with Crippen molar-refractivity contribution in [2.75, 3.05) is 31.1 Å². The summed E-state index contributed by atoms with van der Waals surface area (Å²) in [6.45, 7) is 5.90. The number of rotatable bonds is 10. The van der Waals surface area contributed by atoms with Gasteiger partial charge in [0.1, 0.15) is 12.4 Å². The summed E-state index contributed by atoms with van der Waals surface area (Å²) in [6, 6.07) is 26.5. The minimum Gasteiger partial charge on any atom is -0.476 e. The number of likely N-dealkylation sites (tertiary alicyclic amines) is 1. The molecule has 0 aromatic heterocycles. The van der Waals surface area contributed by atoms with Gasteiger partial charge in [0, 0.05) is 38.1 Å². The van der Waals surface area contributed by atoms with Crippen LogP contribution in [0.25, 0.3) is 11.1 Å². The number of nitrogens with zero attached hydrogens (tertiary/aromatic N) is 3. The number of amides is 4. The van der Waals surface area contributed by atoms with Crippen molar-refractivity contribution in [3.8, 4) is 16.9 Å². The van der Waals surface area contributed by atoms with E-state index in [1.165, 1.54) is 28.5 Å². The monoisotopic (exact) mass is 786 g/mol. The lowest BCUT2D eigenvalue weighted by Gasteiger charge is -2.46. The Kier molecular flexibility index (Phi) is 11.8. The van der Waals surface area contributed by atoms with Crippen LogP contribution in [-0.2, 0) is 22.3 Å². The Hall–Kier alpha value is -6.05. The SMILES string of the molecule is CC(C)N(C(=O)c1cc2c(cc1C(F)(F)F)OC(C)(C)C(=O)N2CCNC(=O)OCc1ccccc1)[C@H]1CN(C(=O)O)CC[C@@H]1c1cccc(-c2ccccc2)c1. The molecule has 0 bridgehead atoms. The van der Waals surface area contributed by atoms with E-state index in [2.05, 4.69) is 5.32 Å². The first-order valence-corrected chi connectivity index (χ1v) is 18.7. The van der Waals surface area contributed by atoms with Gasteiger partial charge in [-0.15, -0.1) is 0 Å². The predicted octanol–water partition coefficient (Wildman–Crippen LogP) is 8.19.